The molecule has 5 heteroatoms. The van der Waals surface area contributed by atoms with Crippen LogP contribution in [0.15, 0.2) is 30.3 Å². The molecule has 1 aliphatic rings. The lowest BCUT2D eigenvalue weighted by Crippen LogP contribution is -2.40. The van der Waals surface area contributed by atoms with Crippen LogP contribution in [0, 0.1) is 12.3 Å². The van der Waals surface area contributed by atoms with Gasteiger partial charge in [-0.05, 0) is 50.8 Å². The molecule has 0 aliphatic heterocycles. The van der Waals surface area contributed by atoms with Gasteiger partial charge in [0.15, 0.2) is 17.3 Å². The lowest BCUT2D eigenvalue weighted by Gasteiger charge is -2.26. The van der Waals surface area contributed by atoms with Gasteiger partial charge in [-0.25, -0.2) is 0 Å². The average Bonchev–Trinajstić information content (AvgIpc) is 3.08. The Balaban J connectivity index is 2.05. The van der Waals surface area contributed by atoms with E-state index < -0.39 is 5.41 Å². The smallest absolute Gasteiger partial charge is 0.229 e. The highest BCUT2D eigenvalue weighted by Gasteiger charge is 2.30. The maximum atomic E-state index is 12.4. The average molecular weight is 395 g/mol. The van der Waals surface area contributed by atoms with E-state index in [0.29, 0.717) is 24.5 Å². The number of carbonyl (C=O) groups is 2. The molecule has 0 aromatic heterocycles. The summed E-state index contributed by atoms with van der Waals surface area (Å²) in [5.41, 5.74) is 3.96. The van der Waals surface area contributed by atoms with Gasteiger partial charge in [0, 0.05) is 24.1 Å². The quantitative estimate of drug-likeness (QED) is 0.757. The molecule has 5 nitrogen and oxygen atoms in total. The van der Waals surface area contributed by atoms with Crippen LogP contribution in [-0.4, -0.2) is 32.0 Å². The number of ether oxygens (including phenoxy) is 2. The van der Waals surface area contributed by atoms with Gasteiger partial charge in [0.05, 0.1) is 12.5 Å². The molecule has 29 heavy (non-hydrogen) atoms. The molecule has 0 saturated carbocycles. The van der Waals surface area contributed by atoms with Gasteiger partial charge in [-0.15, -0.1) is 0 Å². The van der Waals surface area contributed by atoms with E-state index in [1.165, 1.54) is 0 Å². The summed E-state index contributed by atoms with van der Waals surface area (Å²) in [6.45, 7) is 8.36. The van der Waals surface area contributed by atoms with Gasteiger partial charge >= 0.3 is 0 Å². The Morgan fingerprint density at radius 1 is 1.07 bits per heavy atom. The van der Waals surface area contributed by atoms with E-state index in [-0.39, 0.29) is 18.3 Å². The lowest BCUT2D eigenvalue weighted by molar-refractivity contribution is -0.130. The van der Waals surface area contributed by atoms with E-state index in [2.05, 4.69) is 5.32 Å². The van der Waals surface area contributed by atoms with Crippen LogP contribution in [-0.2, 0) is 11.2 Å². The van der Waals surface area contributed by atoms with Crippen molar-refractivity contribution in [1.29, 1.82) is 0 Å². The van der Waals surface area contributed by atoms with Gasteiger partial charge in [0.2, 0.25) is 5.91 Å². The fraction of sp³-hybridized carbons (Fsp3) is 0.417. The summed E-state index contributed by atoms with van der Waals surface area (Å²) in [5, 5.41) is 2.86. The van der Waals surface area contributed by atoms with Crippen LogP contribution in [0.4, 0.5) is 0 Å². The molecular formula is C24H29NO4. The van der Waals surface area contributed by atoms with Crippen molar-refractivity contribution >= 4 is 11.7 Å². The van der Waals surface area contributed by atoms with Crippen LogP contribution >= 0.6 is 0 Å². The monoisotopic (exact) mass is 395 g/mol. The van der Waals surface area contributed by atoms with E-state index in [1.807, 2.05) is 58.0 Å². The molecule has 1 N–H and O–H groups in total. The number of ketones is 1. The second-order valence-electron chi connectivity index (χ2n) is 8.08. The SMILES string of the molecule is CCNC(=O)C(C)(C)COc1c(-c2cccc3c2CCC3=O)ccc(C)c1OC. The van der Waals surface area contributed by atoms with Gasteiger partial charge in [-0.1, -0.05) is 30.3 Å². The number of rotatable bonds is 7. The Kier molecular flexibility index (Phi) is 5.96. The highest BCUT2D eigenvalue weighted by atomic mass is 16.5. The minimum absolute atomic E-state index is 0.0561. The number of hydrogen-bond donors (Lipinski definition) is 1. The first-order valence-corrected chi connectivity index (χ1v) is 10.0. The number of hydrogen-bond acceptors (Lipinski definition) is 4. The van der Waals surface area contributed by atoms with Crippen LogP contribution in [0.5, 0.6) is 11.5 Å². The van der Waals surface area contributed by atoms with Crippen molar-refractivity contribution < 1.29 is 19.1 Å². The Hall–Kier alpha value is -2.82. The second kappa shape index (κ2) is 8.27. The van der Waals surface area contributed by atoms with Crippen LogP contribution in [0.1, 0.15) is 48.7 Å². The Bertz CT molecular complexity index is 946. The lowest BCUT2D eigenvalue weighted by atomic mass is 9.92. The predicted molar refractivity (Wildman–Crippen MR) is 114 cm³/mol. The van der Waals surface area contributed by atoms with Crippen molar-refractivity contribution in [2.45, 2.75) is 40.5 Å². The molecule has 1 aliphatic carbocycles. The van der Waals surface area contributed by atoms with E-state index >= 15 is 0 Å². The fourth-order valence-electron chi connectivity index (χ4n) is 3.73. The number of nitrogens with one attached hydrogen (secondary N) is 1. The van der Waals surface area contributed by atoms with Crippen LogP contribution in [0.25, 0.3) is 11.1 Å². The molecule has 0 bridgehead atoms. The third kappa shape index (κ3) is 4.00. The zero-order valence-electron chi connectivity index (χ0n) is 17.8. The summed E-state index contributed by atoms with van der Waals surface area (Å²) >= 11 is 0. The van der Waals surface area contributed by atoms with E-state index in [1.54, 1.807) is 7.11 Å². The number of fused-ring (bicyclic) bond motifs is 1. The maximum Gasteiger partial charge on any atom is 0.229 e. The topological polar surface area (TPSA) is 64.6 Å². The van der Waals surface area contributed by atoms with Crippen molar-refractivity contribution in [1.82, 2.24) is 5.32 Å². The zero-order valence-corrected chi connectivity index (χ0v) is 17.8. The van der Waals surface area contributed by atoms with Gasteiger partial charge in [-0.3, -0.25) is 9.59 Å². The fourth-order valence-corrected chi connectivity index (χ4v) is 3.73. The molecule has 1 amide bonds. The zero-order chi connectivity index (χ0) is 21.2. The largest absolute Gasteiger partial charge is 0.493 e. The molecule has 154 valence electrons. The van der Waals surface area contributed by atoms with Crippen LogP contribution < -0.4 is 14.8 Å². The Morgan fingerprint density at radius 2 is 1.79 bits per heavy atom. The van der Waals surface area contributed by atoms with Crippen molar-refractivity contribution in [2.75, 3.05) is 20.3 Å². The van der Waals surface area contributed by atoms with Crippen molar-refractivity contribution in [3.05, 3.63) is 47.0 Å². The van der Waals surface area contributed by atoms with E-state index in [9.17, 15) is 9.59 Å². The maximum absolute atomic E-state index is 12.4. The molecule has 0 heterocycles. The molecule has 0 unspecified atom stereocenters. The highest BCUT2D eigenvalue weighted by Crippen LogP contribution is 2.44. The van der Waals surface area contributed by atoms with Crippen molar-refractivity contribution in [3.8, 4) is 22.6 Å². The molecule has 2 aromatic carbocycles. The predicted octanol–water partition coefficient (Wildman–Crippen LogP) is 4.34. The summed E-state index contributed by atoms with van der Waals surface area (Å²) in [6, 6.07) is 9.81. The second-order valence-corrected chi connectivity index (χ2v) is 8.08. The van der Waals surface area contributed by atoms with Gasteiger partial charge in [-0.2, -0.15) is 0 Å². The number of amides is 1. The van der Waals surface area contributed by atoms with Gasteiger partial charge in [0.25, 0.3) is 0 Å². The number of methoxy groups -OCH3 is 1. The van der Waals surface area contributed by atoms with E-state index in [4.69, 9.17) is 9.47 Å². The molecule has 0 spiro atoms. The number of Topliss-reactive ketones (excluding diaryl/α,β-unsaturated/α-hetero) is 1. The van der Waals surface area contributed by atoms with E-state index in [0.717, 1.165) is 34.2 Å². The normalized spacial score (nSPS) is 13.2. The van der Waals surface area contributed by atoms with Crippen molar-refractivity contribution in [3.63, 3.8) is 0 Å². The molecule has 0 radical (unpaired) electrons. The summed E-state index contributed by atoms with van der Waals surface area (Å²) in [6.07, 6.45) is 1.26. The third-order valence-electron chi connectivity index (χ3n) is 5.41. The summed E-state index contributed by atoms with van der Waals surface area (Å²) in [4.78, 5) is 24.6. The highest BCUT2D eigenvalue weighted by molar-refractivity contribution is 6.02. The molecular weight excluding hydrogens is 366 g/mol. The van der Waals surface area contributed by atoms with Crippen molar-refractivity contribution in [2.24, 2.45) is 5.41 Å². The van der Waals surface area contributed by atoms with Gasteiger partial charge < -0.3 is 14.8 Å². The summed E-state index contributed by atoms with van der Waals surface area (Å²) in [7, 11) is 1.62. The number of aryl methyl sites for hydroxylation is 1. The minimum atomic E-state index is -0.698. The van der Waals surface area contributed by atoms with Gasteiger partial charge in [0.1, 0.15) is 6.61 Å². The molecule has 3 rings (SSSR count). The Labute approximate surface area is 172 Å². The summed E-state index contributed by atoms with van der Waals surface area (Å²) in [5.74, 6) is 1.38. The summed E-state index contributed by atoms with van der Waals surface area (Å²) < 4.78 is 11.9. The molecule has 0 fully saturated rings. The number of carbonyl (C=O) groups excluding carboxylic acids is 2. The molecule has 0 atom stereocenters. The molecule has 0 saturated heterocycles. The molecule has 2 aromatic rings. The number of benzene rings is 2. The standard InChI is InChI=1S/C24H29NO4/c1-6-25-23(27)24(3,4)14-29-22-19(11-10-15(2)21(22)28-5)16-8-7-9-18-17(16)12-13-20(18)26/h7-11H,6,12-14H2,1-5H3,(H,25,27). The first kappa shape index (κ1) is 20.9. The first-order chi connectivity index (χ1) is 13.8. The first-order valence-electron chi connectivity index (χ1n) is 10.0. The third-order valence-corrected chi connectivity index (χ3v) is 5.41. The minimum Gasteiger partial charge on any atom is -0.493 e. The Morgan fingerprint density at radius 3 is 2.48 bits per heavy atom. The van der Waals surface area contributed by atoms with Crippen LogP contribution in [0.3, 0.4) is 0 Å². The van der Waals surface area contributed by atoms with Crippen LogP contribution in [0.2, 0.25) is 0 Å².